The molecule has 43 heavy (non-hydrogen) atoms. The summed E-state index contributed by atoms with van der Waals surface area (Å²) >= 11 is 0. The Bertz CT molecular complexity index is 2080. The van der Waals surface area contributed by atoms with Gasteiger partial charge in [-0.1, -0.05) is 19.9 Å². The molecule has 1 aliphatic rings. The number of hydrogen-bond acceptors (Lipinski definition) is 9. The number of rotatable bonds is 9. The van der Waals surface area contributed by atoms with E-state index in [0.29, 0.717) is 5.39 Å². The van der Waals surface area contributed by atoms with Crippen molar-refractivity contribution in [1.29, 1.82) is 0 Å². The second kappa shape index (κ2) is 11.1. The van der Waals surface area contributed by atoms with Crippen LogP contribution in [0.15, 0.2) is 74.9 Å². The van der Waals surface area contributed by atoms with Gasteiger partial charge in [-0.3, -0.25) is 19.0 Å². The predicted octanol–water partition coefficient (Wildman–Crippen LogP) is 2.43. The van der Waals surface area contributed by atoms with Gasteiger partial charge < -0.3 is 21.1 Å². The van der Waals surface area contributed by atoms with Crippen LogP contribution in [0.5, 0.6) is 0 Å². The van der Waals surface area contributed by atoms with Crippen molar-refractivity contribution in [1.82, 2.24) is 9.97 Å². The highest BCUT2D eigenvalue weighted by Gasteiger charge is 2.31. The molecule has 7 N–H and O–H groups in total. The Balaban J connectivity index is 1.51. The van der Waals surface area contributed by atoms with Gasteiger partial charge in [0.05, 0.1) is 28.7 Å². The molecular formula is C27H27N7O7S2. The quantitative estimate of drug-likeness (QED) is 0.160. The van der Waals surface area contributed by atoms with Crippen molar-refractivity contribution in [3.8, 4) is 0 Å². The van der Waals surface area contributed by atoms with Crippen molar-refractivity contribution < 1.29 is 26.7 Å². The summed E-state index contributed by atoms with van der Waals surface area (Å²) in [4.78, 5) is 31.1. The fraction of sp³-hybridized carbons (Fsp3) is 0.185. The Labute approximate surface area is 246 Å². The summed E-state index contributed by atoms with van der Waals surface area (Å²) in [6.07, 6.45) is 0.625. The van der Waals surface area contributed by atoms with Crippen molar-refractivity contribution in [2.75, 3.05) is 14.8 Å². The molecular weight excluding hydrogens is 598 g/mol. The number of aliphatic hydroxyl groups is 1. The standard InChI is InChI=1S/C27H27N7O7S2/c1-14(2)11-20(35)22-18-7-4-10-29-25(18)31-27(37)23(22)26-30-19-9-8-17(13-21(19)42(38,39)34-26)33-43(40,41)32-16-6-3-5-15(12-16)24(28)36/h3-10,12-14,20,32-33,35H,11H2,1-2H3,(H2,28,36)(H,30,34)(H,29,31,37). The van der Waals surface area contributed by atoms with E-state index in [1.54, 1.807) is 12.1 Å². The van der Waals surface area contributed by atoms with Gasteiger partial charge in [0.15, 0.2) is 5.84 Å². The van der Waals surface area contributed by atoms with Crippen LogP contribution < -0.4 is 26.1 Å². The first-order valence-corrected chi connectivity index (χ1v) is 15.8. The summed E-state index contributed by atoms with van der Waals surface area (Å²) in [7, 11) is -8.74. The Hall–Kier alpha value is -4.80. The number of primary amides is 1. The Morgan fingerprint density at radius 1 is 1.07 bits per heavy atom. The molecule has 1 atom stereocenters. The average molecular weight is 626 g/mol. The lowest BCUT2D eigenvalue weighted by Crippen LogP contribution is -2.31. The van der Waals surface area contributed by atoms with E-state index in [1.165, 1.54) is 42.6 Å². The third kappa shape index (κ3) is 6.20. The van der Waals surface area contributed by atoms with E-state index in [0.717, 1.165) is 6.07 Å². The Morgan fingerprint density at radius 2 is 1.79 bits per heavy atom. The summed E-state index contributed by atoms with van der Waals surface area (Å²) in [6, 6.07) is 12.5. The molecule has 0 bridgehead atoms. The highest BCUT2D eigenvalue weighted by atomic mass is 32.2. The lowest BCUT2D eigenvalue weighted by molar-refractivity contribution is 0.1000. The van der Waals surface area contributed by atoms with E-state index in [-0.39, 0.29) is 62.5 Å². The summed E-state index contributed by atoms with van der Waals surface area (Å²) in [5.41, 5.74) is 4.85. The number of nitrogens with zero attached hydrogens (tertiary/aromatic N) is 2. The minimum absolute atomic E-state index is 0.0325. The van der Waals surface area contributed by atoms with Gasteiger partial charge in [0.1, 0.15) is 10.5 Å². The topological polar surface area (TPSA) is 226 Å². The van der Waals surface area contributed by atoms with Gasteiger partial charge >= 0.3 is 10.2 Å². The van der Waals surface area contributed by atoms with Gasteiger partial charge in [-0.2, -0.15) is 16.8 Å². The molecule has 0 aliphatic carbocycles. The molecule has 5 rings (SSSR count). The van der Waals surface area contributed by atoms with E-state index in [4.69, 9.17) is 5.73 Å². The number of carbonyl (C=O) groups is 1. The SMILES string of the molecule is CC(C)CC(O)c1c(C2=NS(=O)(=O)c3cc(NS(=O)(=O)Nc4cccc(C(N)=O)c4)ccc3N2)c(=O)[nH]c2ncccc12. The van der Waals surface area contributed by atoms with Crippen LogP contribution in [0.3, 0.4) is 0 Å². The molecule has 0 saturated heterocycles. The number of pyridine rings is 2. The third-order valence-electron chi connectivity index (χ3n) is 6.47. The van der Waals surface area contributed by atoms with Crippen LogP contribution in [-0.4, -0.2) is 43.7 Å². The predicted molar refractivity (Wildman–Crippen MR) is 162 cm³/mol. The van der Waals surface area contributed by atoms with Gasteiger partial charge in [0.25, 0.3) is 15.6 Å². The normalized spacial score (nSPS) is 14.8. The first-order valence-electron chi connectivity index (χ1n) is 12.9. The summed E-state index contributed by atoms with van der Waals surface area (Å²) in [6.45, 7) is 3.79. The molecule has 0 fully saturated rings. The minimum Gasteiger partial charge on any atom is -0.388 e. The zero-order valence-electron chi connectivity index (χ0n) is 22.8. The number of H-pyrrole nitrogens is 1. The van der Waals surface area contributed by atoms with Gasteiger partial charge in [-0.15, -0.1) is 4.40 Å². The van der Waals surface area contributed by atoms with E-state index in [1.807, 2.05) is 13.8 Å². The number of aromatic nitrogens is 2. The van der Waals surface area contributed by atoms with Gasteiger partial charge in [-0.05, 0) is 60.9 Å². The molecule has 0 saturated carbocycles. The lowest BCUT2D eigenvalue weighted by Gasteiger charge is -2.23. The maximum absolute atomic E-state index is 13.3. The molecule has 3 heterocycles. The number of fused-ring (bicyclic) bond motifs is 2. The van der Waals surface area contributed by atoms with Crippen molar-refractivity contribution in [2.24, 2.45) is 16.0 Å². The fourth-order valence-corrected chi connectivity index (χ4v) is 6.77. The molecule has 16 heteroatoms. The minimum atomic E-state index is -4.46. The van der Waals surface area contributed by atoms with E-state index < -0.39 is 37.8 Å². The summed E-state index contributed by atoms with van der Waals surface area (Å²) in [5.74, 6) is -1.00. The zero-order chi connectivity index (χ0) is 31.1. The van der Waals surface area contributed by atoms with Crippen molar-refractivity contribution in [2.45, 2.75) is 31.3 Å². The van der Waals surface area contributed by atoms with Crippen LogP contribution in [0.2, 0.25) is 0 Å². The highest BCUT2D eigenvalue weighted by Crippen LogP contribution is 2.34. The number of amidine groups is 1. The zero-order valence-corrected chi connectivity index (χ0v) is 24.5. The number of benzene rings is 2. The van der Waals surface area contributed by atoms with Gasteiger partial charge in [0.2, 0.25) is 5.91 Å². The Kier molecular flexibility index (Phi) is 7.68. The molecule has 2 aromatic heterocycles. The highest BCUT2D eigenvalue weighted by molar-refractivity contribution is 7.94. The number of amides is 1. The third-order valence-corrected chi connectivity index (χ3v) is 8.79. The number of nitrogens with one attached hydrogen (secondary N) is 4. The second-order valence-electron chi connectivity index (χ2n) is 10.2. The van der Waals surface area contributed by atoms with Crippen molar-refractivity contribution in [3.05, 3.63) is 87.8 Å². The molecule has 0 spiro atoms. The smallest absolute Gasteiger partial charge is 0.321 e. The van der Waals surface area contributed by atoms with E-state index in [9.17, 15) is 31.5 Å². The molecule has 224 valence electrons. The van der Waals surface area contributed by atoms with Crippen molar-refractivity contribution in [3.63, 3.8) is 0 Å². The monoisotopic (exact) mass is 625 g/mol. The Morgan fingerprint density at radius 3 is 2.49 bits per heavy atom. The van der Waals surface area contributed by atoms with E-state index in [2.05, 4.69) is 29.1 Å². The molecule has 4 aromatic rings. The largest absolute Gasteiger partial charge is 0.388 e. The van der Waals surface area contributed by atoms with Crippen LogP contribution >= 0.6 is 0 Å². The van der Waals surface area contributed by atoms with Gasteiger partial charge in [0, 0.05) is 22.7 Å². The molecule has 2 aromatic carbocycles. The van der Waals surface area contributed by atoms with Crippen molar-refractivity contribution >= 4 is 60.1 Å². The van der Waals surface area contributed by atoms with Crippen LogP contribution in [0.1, 0.15) is 47.9 Å². The molecule has 1 unspecified atom stereocenters. The molecule has 1 amide bonds. The number of aliphatic hydroxyl groups excluding tert-OH is 1. The number of aromatic amines is 1. The summed E-state index contributed by atoms with van der Waals surface area (Å²) < 4.78 is 60.5. The number of hydrogen-bond donors (Lipinski definition) is 6. The van der Waals surface area contributed by atoms with Crippen LogP contribution in [0.25, 0.3) is 11.0 Å². The second-order valence-corrected chi connectivity index (χ2v) is 13.2. The fourth-order valence-electron chi connectivity index (χ4n) is 4.70. The number of nitrogens with two attached hydrogens (primary N) is 1. The maximum atomic E-state index is 13.3. The van der Waals surface area contributed by atoms with E-state index >= 15 is 0 Å². The van der Waals surface area contributed by atoms with Gasteiger partial charge in [-0.25, -0.2) is 4.98 Å². The number of carbonyl (C=O) groups excluding carboxylic acids is 1. The average Bonchev–Trinajstić information content (AvgIpc) is 2.91. The molecule has 14 nitrogen and oxygen atoms in total. The van der Waals surface area contributed by atoms with Crippen LogP contribution in [0.4, 0.5) is 17.1 Å². The first kappa shape index (κ1) is 29.7. The number of anilines is 3. The summed E-state index contributed by atoms with van der Waals surface area (Å²) in [5, 5.41) is 14.4. The van der Waals surface area contributed by atoms with Crippen LogP contribution in [-0.2, 0) is 20.2 Å². The lowest BCUT2D eigenvalue weighted by atomic mass is 9.93. The molecule has 0 radical (unpaired) electrons. The maximum Gasteiger partial charge on any atom is 0.321 e. The number of sulfonamides is 1. The van der Waals surface area contributed by atoms with Crippen LogP contribution in [0, 0.1) is 5.92 Å². The molecule has 1 aliphatic heterocycles. The first-order chi connectivity index (χ1) is 20.2.